The lowest BCUT2D eigenvalue weighted by Gasteiger charge is -2.16. The molecule has 0 saturated heterocycles. The van der Waals surface area contributed by atoms with Crippen LogP contribution in [0.15, 0.2) is 6.07 Å². The Balaban J connectivity index is 3.20. The molecule has 0 unspecified atom stereocenters. The van der Waals surface area contributed by atoms with Gasteiger partial charge in [-0.05, 0) is 39.4 Å². The molecule has 1 heterocycles. The van der Waals surface area contributed by atoms with Gasteiger partial charge in [-0.25, -0.2) is 4.98 Å². The first-order valence-corrected chi connectivity index (χ1v) is 4.47. The van der Waals surface area contributed by atoms with Gasteiger partial charge < -0.3 is 11.1 Å². The Labute approximate surface area is 79.4 Å². The molecule has 0 fully saturated rings. The van der Waals surface area contributed by atoms with Crippen molar-refractivity contribution in [1.82, 2.24) is 10.3 Å². The zero-order valence-electron chi connectivity index (χ0n) is 8.68. The fraction of sp³-hybridized carbons (Fsp3) is 0.500. The van der Waals surface area contributed by atoms with Crippen LogP contribution in [0.25, 0.3) is 0 Å². The van der Waals surface area contributed by atoms with Gasteiger partial charge in [-0.15, -0.1) is 0 Å². The molecule has 1 atom stereocenters. The Morgan fingerprint density at radius 2 is 2.08 bits per heavy atom. The summed E-state index contributed by atoms with van der Waals surface area (Å²) in [4.78, 5) is 4.24. The van der Waals surface area contributed by atoms with E-state index in [1.165, 1.54) is 5.56 Å². The van der Waals surface area contributed by atoms with Gasteiger partial charge in [-0.2, -0.15) is 0 Å². The van der Waals surface area contributed by atoms with Gasteiger partial charge in [0.2, 0.25) is 0 Å². The van der Waals surface area contributed by atoms with Crippen LogP contribution in [0.3, 0.4) is 0 Å². The quantitative estimate of drug-likeness (QED) is 0.724. The minimum atomic E-state index is 0.257. The largest absolute Gasteiger partial charge is 0.383 e. The second-order valence-electron chi connectivity index (χ2n) is 3.39. The number of nitrogen functional groups attached to an aromatic ring is 1. The topological polar surface area (TPSA) is 50.9 Å². The number of nitrogens with zero attached hydrogens (tertiary/aromatic N) is 1. The van der Waals surface area contributed by atoms with Crippen LogP contribution in [0.2, 0.25) is 0 Å². The monoisotopic (exact) mass is 179 g/mol. The Morgan fingerprint density at radius 3 is 2.54 bits per heavy atom. The molecule has 13 heavy (non-hydrogen) atoms. The molecule has 0 aliphatic rings. The highest BCUT2D eigenvalue weighted by Crippen LogP contribution is 2.22. The fourth-order valence-corrected chi connectivity index (χ4v) is 1.58. The molecule has 0 bridgehead atoms. The summed E-state index contributed by atoms with van der Waals surface area (Å²) in [5, 5.41) is 3.16. The lowest BCUT2D eigenvalue weighted by atomic mass is 10.0. The third-order valence-electron chi connectivity index (χ3n) is 2.29. The standard InChI is InChI=1S/C10H17N3/c1-6-5-7(2)13-10(11)9(6)8(3)12-4/h5,8,12H,1-4H3,(H2,11,13)/t8-/m1/s1. The van der Waals surface area contributed by atoms with Crippen LogP contribution in [-0.4, -0.2) is 12.0 Å². The summed E-state index contributed by atoms with van der Waals surface area (Å²) >= 11 is 0. The maximum atomic E-state index is 5.85. The highest BCUT2D eigenvalue weighted by molar-refractivity contribution is 5.47. The van der Waals surface area contributed by atoms with Gasteiger partial charge in [0, 0.05) is 17.3 Å². The first-order chi connectivity index (χ1) is 6.06. The van der Waals surface area contributed by atoms with Gasteiger partial charge >= 0.3 is 0 Å². The van der Waals surface area contributed by atoms with Gasteiger partial charge in [0.05, 0.1) is 0 Å². The zero-order valence-corrected chi connectivity index (χ0v) is 8.68. The van der Waals surface area contributed by atoms with E-state index < -0.39 is 0 Å². The van der Waals surface area contributed by atoms with E-state index in [0.717, 1.165) is 11.3 Å². The third kappa shape index (κ3) is 1.98. The van der Waals surface area contributed by atoms with Crippen LogP contribution in [0.1, 0.15) is 29.8 Å². The third-order valence-corrected chi connectivity index (χ3v) is 2.29. The van der Waals surface area contributed by atoms with Crippen LogP contribution >= 0.6 is 0 Å². The number of aryl methyl sites for hydroxylation is 2. The van der Waals surface area contributed by atoms with Crippen molar-refractivity contribution in [3.05, 3.63) is 22.9 Å². The predicted molar refractivity (Wildman–Crippen MR) is 55.6 cm³/mol. The molecule has 72 valence electrons. The molecule has 0 radical (unpaired) electrons. The lowest BCUT2D eigenvalue weighted by Crippen LogP contribution is -2.16. The van der Waals surface area contributed by atoms with Crippen molar-refractivity contribution in [3.8, 4) is 0 Å². The number of aromatic nitrogens is 1. The summed E-state index contributed by atoms with van der Waals surface area (Å²) < 4.78 is 0. The maximum Gasteiger partial charge on any atom is 0.128 e. The van der Waals surface area contributed by atoms with Gasteiger partial charge in [-0.3, -0.25) is 0 Å². The van der Waals surface area contributed by atoms with Crippen LogP contribution < -0.4 is 11.1 Å². The lowest BCUT2D eigenvalue weighted by molar-refractivity contribution is 0.647. The van der Waals surface area contributed by atoms with E-state index >= 15 is 0 Å². The molecule has 1 aromatic rings. The highest BCUT2D eigenvalue weighted by Gasteiger charge is 2.11. The number of rotatable bonds is 2. The molecule has 0 aliphatic carbocycles. The van der Waals surface area contributed by atoms with Gasteiger partial charge in [0.1, 0.15) is 5.82 Å². The normalized spacial score (nSPS) is 12.9. The van der Waals surface area contributed by atoms with E-state index in [-0.39, 0.29) is 6.04 Å². The minimum Gasteiger partial charge on any atom is -0.383 e. The molecule has 1 rings (SSSR count). The molecule has 0 aliphatic heterocycles. The number of nitrogens with two attached hydrogens (primary N) is 1. The molecule has 3 heteroatoms. The molecule has 1 aromatic heterocycles. The van der Waals surface area contributed by atoms with Crippen molar-refractivity contribution in [2.24, 2.45) is 0 Å². The van der Waals surface area contributed by atoms with E-state index in [2.05, 4.69) is 30.2 Å². The summed E-state index contributed by atoms with van der Waals surface area (Å²) in [6.45, 7) is 6.10. The molecule has 0 spiro atoms. The number of nitrogens with one attached hydrogen (secondary N) is 1. The van der Waals surface area contributed by atoms with Crippen LogP contribution in [0, 0.1) is 13.8 Å². The smallest absolute Gasteiger partial charge is 0.128 e. The number of pyridine rings is 1. The summed E-state index contributed by atoms with van der Waals surface area (Å²) in [5.74, 6) is 0.638. The number of hydrogen-bond acceptors (Lipinski definition) is 3. The van der Waals surface area contributed by atoms with Gasteiger partial charge in [-0.1, -0.05) is 0 Å². The van der Waals surface area contributed by atoms with Crippen LogP contribution in [-0.2, 0) is 0 Å². The van der Waals surface area contributed by atoms with E-state index in [9.17, 15) is 0 Å². The van der Waals surface area contributed by atoms with Gasteiger partial charge in [0.15, 0.2) is 0 Å². The first kappa shape index (κ1) is 9.99. The summed E-state index contributed by atoms with van der Waals surface area (Å²) in [6.07, 6.45) is 0. The Kier molecular flexibility index (Phi) is 2.88. The van der Waals surface area contributed by atoms with Crippen LogP contribution in [0.4, 0.5) is 5.82 Å². The Bertz CT molecular complexity index is 284. The molecular formula is C10H17N3. The second kappa shape index (κ2) is 3.75. The van der Waals surface area contributed by atoms with Gasteiger partial charge in [0.25, 0.3) is 0 Å². The van der Waals surface area contributed by atoms with Crippen molar-refractivity contribution < 1.29 is 0 Å². The van der Waals surface area contributed by atoms with Crippen LogP contribution in [0.5, 0.6) is 0 Å². The van der Waals surface area contributed by atoms with E-state index in [1.807, 2.05) is 14.0 Å². The summed E-state index contributed by atoms with van der Waals surface area (Å²) in [7, 11) is 1.92. The molecule has 3 N–H and O–H groups in total. The molecule has 0 aromatic carbocycles. The minimum absolute atomic E-state index is 0.257. The highest BCUT2D eigenvalue weighted by atomic mass is 14.9. The predicted octanol–water partition coefficient (Wildman–Crippen LogP) is 1.56. The SMILES string of the molecule is CN[C@H](C)c1c(C)cc(C)nc1N. The van der Waals surface area contributed by atoms with Crippen molar-refractivity contribution >= 4 is 5.82 Å². The van der Waals surface area contributed by atoms with Crippen molar-refractivity contribution in [2.45, 2.75) is 26.8 Å². The fourth-order valence-electron chi connectivity index (χ4n) is 1.58. The Morgan fingerprint density at radius 1 is 1.46 bits per heavy atom. The zero-order chi connectivity index (χ0) is 10.0. The van der Waals surface area contributed by atoms with Crippen molar-refractivity contribution in [1.29, 1.82) is 0 Å². The average Bonchev–Trinajstić information content (AvgIpc) is 2.02. The van der Waals surface area contributed by atoms with Crippen molar-refractivity contribution in [2.75, 3.05) is 12.8 Å². The number of anilines is 1. The van der Waals surface area contributed by atoms with E-state index in [1.54, 1.807) is 0 Å². The number of hydrogen-bond donors (Lipinski definition) is 2. The molecular weight excluding hydrogens is 162 g/mol. The Hall–Kier alpha value is -1.09. The molecule has 0 saturated carbocycles. The molecule has 3 nitrogen and oxygen atoms in total. The molecule has 0 amide bonds. The van der Waals surface area contributed by atoms with Crippen molar-refractivity contribution in [3.63, 3.8) is 0 Å². The maximum absolute atomic E-state index is 5.85. The van der Waals surface area contributed by atoms with E-state index in [0.29, 0.717) is 5.82 Å². The second-order valence-corrected chi connectivity index (χ2v) is 3.39. The average molecular weight is 179 g/mol. The summed E-state index contributed by atoms with van der Waals surface area (Å²) in [6, 6.07) is 2.31. The summed E-state index contributed by atoms with van der Waals surface area (Å²) in [5.41, 5.74) is 9.13. The first-order valence-electron chi connectivity index (χ1n) is 4.47. The van der Waals surface area contributed by atoms with E-state index in [4.69, 9.17) is 5.73 Å².